The van der Waals surface area contributed by atoms with Crippen LogP contribution in [0.3, 0.4) is 0 Å². The lowest BCUT2D eigenvalue weighted by Gasteiger charge is -2.10. The Morgan fingerprint density at radius 1 is 0.500 bits per heavy atom. The van der Waals surface area contributed by atoms with E-state index in [2.05, 4.69) is 134 Å². The molecule has 1 N–H and O–H groups in total. The molecule has 0 spiro atoms. The smallest absolute Gasteiger partial charge is 0.204 e. The highest BCUT2D eigenvalue weighted by Gasteiger charge is 2.15. The summed E-state index contributed by atoms with van der Waals surface area (Å²) in [4.78, 5) is 0. The van der Waals surface area contributed by atoms with Crippen molar-refractivity contribution in [3.63, 3.8) is 0 Å². The van der Waals surface area contributed by atoms with Crippen molar-refractivity contribution < 1.29 is 0 Å². The monoisotopic (exact) mass is 463 g/mol. The average molecular weight is 464 g/mol. The molecule has 0 aliphatic rings. The molecule has 5 heteroatoms. The molecule has 2 aromatic heterocycles. The predicted molar refractivity (Wildman–Crippen MR) is 145 cm³/mol. The van der Waals surface area contributed by atoms with Gasteiger partial charge in [-0.1, -0.05) is 84.9 Å². The van der Waals surface area contributed by atoms with Crippen LogP contribution >= 0.6 is 0 Å². The van der Waals surface area contributed by atoms with Crippen LogP contribution < -0.4 is 0 Å². The molecule has 0 aliphatic carbocycles. The van der Waals surface area contributed by atoms with Crippen molar-refractivity contribution in [2.45, 2.75) is 0 Å². The van der Waals surface area contributed by atoms with Crippen LogP contribution in [0.15, 0.2) is 121 Å². The third kappa shape index (κ3) is 3.37. The molecular formula is C31H21N5. The van der Waals surface area contributed by atoms with Crippen molar-refractivity contribution in [1.82, 2.24) is 25.2 Å². The minimum atomic E-state index is 0.579. The van der Waals surface area contributed by atoms with Crippen LogP contribution in [-0.4, -0.2) is 25.2 Å². The van der Waals surface area contributed by atoms with E-state index in [0.717, 1.165) is 22.3 Å². The van der Waals surface area contributed by atoms with Gasteiger partial charge in [0.2, 0.25) is 5.82 Å². The van der Waals surface area contributed by atoms with Gasteiger partial charge in [-0.05, 0) is 63.9 Å². The van der Waals surface area contributed by atoms with Crippen LogP contribution in [0.4, 0.5) is 0 Å². The fraction of sp³-hybridized carbons (Fsp3) is 0. The van der Waals surface area contributed by atoms with Crippen LogP contribution in [0.25, 0.3) is 61.1 Å². The highest BCUT2D eigenvalue weighted by Crippen LogP contribution is 2.37. The minimum Gasteiger partial charge on any atom is -0.309 e. The van der Waals surface area contributed by atoms with E-state index in [-0.39, 0.29) is 0 Å². The third-order valence-corrected chi connectivity index (χ3v) is 6.69. The van der Waals surface area contributed by atoms with Crippen LogP contribution in [-0.2, 0) is 0 Å². The Morgan fingerprint density at radius 3 is 1.64 bits per heavy atom. The van der Waals surface area contributed by atoms with Gasteiger partial charge in [-0.2, -0.15) is 5.21 Å². The van der Waals surface area contributed by atoms with Crippen molar-refractivity contribution in [3.8, 4) is 39.3 Å². The maximum absolute atomic E-state index is 4.17. The Hall–Kier alpha value is -5.03. The quantitative estimate of drug-likeness (QED) is 0.298. The van der Waals surface area contributed by atoms with Gasteiger partial charge in [0.15, 0.2) is 0 Å². The standard InChI is InChI=1S/C31H21N5/c1-3-8-21(9-4-1)23-14-16-29-27(19-23)28-20-24(22-10-5-2-6-11-22)15-17-30(28)36(29)26-13-7-12-25(18-26)31-32-34-35-33-31/h1-20H,(H,32,33,34,35). The minimum absolute atomic E-state index is 0.579. The summed E-state index contributed by atoms with van der Waals surface area (Å²) >= 11 is 0. The van der Waals surface area contributed by atoms with E-state index >= 15 is 0 Å². The molecule has 0 aliphatic heterocycles. The Balaban J connectivity index is 1.51. The first kappa shape index (κ1) is 20.4. The lowest BCUT2D eigenvalue weighted by atomic mass is 10.0. The molecule has 7 aromatic rings. The van der Waals surface area contributed by atoms with Gasteiger partial charge in [0.1, 0.15) is 0 Å². The number of hydrogen-bond donors (Lipinski definition) is 1. The molecule has 0 bridgehead atoms. The van der Waals surface area contributed by atoms with Gasteiger partial charge in [-0.3, -0.25) is 0 Å². The van der Waals surface area contributed by atoms with Crippen molar-refractivity contribution in [1.29, 1.82) is 0 Å². The topological polar surface area (TPSA) is 59.4 Å². The normalized spacial score (nSPS) is 11.3. The second-order valence-corrected chi connectivity index (χ2v) is 8.82. The summed E-state index contributed by atoms with van der Waals surface area (Å²) in [7, 11) is 0. The zero-order valence-electron chi connectivity index (χ0n) is 19.3. The van der Waals surface area contributed by atoms with Gasteiger partial charge in [-0.25, -0.2) is 0 Å². The summed E-state index contributed by atoms with van der Waals surface area (Å²) in [5.74, 6) is 0.579. The third-order valence-electron chi connectivity index (χ3n) is 6.69. The number of hydrogen-bond acceptors (Lipinski definition) is 3. The van der Waals surface area contributed by atoms with Crippen molar-refractivity contribution >= 4 is 21.8 Å². The zero-order valence-corrected chi connectivity index (χ0v) is 19.3. The second-order valence-electron chi connectivity index (χ2n) is 8.82. The van der Waals surface area contributed by atoms with E-state index < -0.39 is 0 Å². The average Bonchev–Trinajstić information content (AvgIpc) is 3.60. The Morgan fingerprint density at radius 2 is 1.08 bits per heavy atom. The SMILES string of the molecule is c1ccc(-c2ccc3c(c2)c2cc(-c4ccccc4)ccc2n3-c2cccc(-c3nn[nH]n3)c2)cc1. The molecule has 0 radical (unpaired) electrons. The summed E-state index contributed by atoms with van der Waals surface area (Å²) in [6.07, 6.45) is 0. The summed E-state index contributed by atoms with van der Waals surface area (Å²) in [5.41, 5.74) is 9.09. The van der Waals surface area contributed by atoms with E-state index in [1.807, 2.05) is 12.1 Å². The molecule has 0 unspecified atom stereocenters. The van der Waals surface area contributed by atoms with Gasteiger partial charge in [0.05, 0.1) is 11.0 Å². The molecule has 0 saturated heterocycles. The Labute approximate surface area is 207 Å². The van der Waals surface area contributed by atoms with Crippen molar-refractivity contribution in [3.05, 3.63) is 121 Å². The number of aromatic amines is 1. The lowest BCUT2D eigenvalue weighted by Crippen LogP contribution is -1.95. The Bertz CT molecular complexity index is 1720. The van der Waals surface area contributed by atoms with Gasteiger partial charge >= 0.3 is 0 Å². The van der Waals surface area contributed by atoms with Gasteiger partial charge in [-0.15, -0.1) is 10.2 Å². The van der Waals surface area contributed by atoms with Gasteiger partial charge in [0.25, 0.3) is 0 Å². The molecule has 0 atom stereocenters. The van der Waals surface area contributed by atoms with E-state index in [0.29, 0.717) is 5.82 Å². The van der Waals surface area contributed by atoms with E-state index in [1.54, 1.807) is 0 Å². The molecule has 2 heterocycles. The maximum Gasteiger partial charge on any atom is 0.204 e. The van der Waals surface area contributed by atoms with Crippen molar-refractivity contribution in [2.24, 2.45) is 0 Å². The number of H-pyrrole nitrogens is 1. The van der Waals surface area contributed by atoms with E-state index in [1.165, 1.54) is 33.0 Å². The number of rotatable bonds is 4. The predicted octanol–water partition coefficient (Wildman–Crippen LogP) is 7.30. The van der Waals surface area contributed by atoms with E-state index in [4.69, 9.17) is 0 Å². The first-order valence-electron chi connectivity index (χ1n) is 11.9. The number of nitrogens with zero attached hydrogens (tertiary/aromatic N) is 4. The molecule has 0 saturated carbocycles. The number of benzene rings is 5. The first-order chi connectivity index (χ1) is 17.8. The summed E-state index contributed by atoms with van der Waals surface area (Å²) in [6, 6.07) is 42.8. The zero-order chi connectivity index (χ0) is 23.9. The van der Waals surface area contributed by atoms with Crippen molar-refractivity contribution in [2.75, 3.05) is 0 Å². The summed E-state index contributed by atoms with van der Waals surface area (Å²) in [5, 5.41) is 17.0. The molecule has 0 amide bonds. The maximum atomic E-state index is 4.17. The fourth-order valence-corrected chi connectivity index (χ4v) is 4.99. The lowest BCUT2D eigenvalue weighted by molar-refractivity contribution is 0.881. The summed E-state index contributed by atoms with van der Waals surface area (Å²) < 4.78 is 2.32. The van der Waals surface area contributed by atoms with Crippen LogP contribution in [0.5, 0.6) is 0 Å². The highest BCUT2D eigenvalue weighted by atomic mass is 15.5. The molecule has 36 heavy (non-hydrogen) atoms. The van der Waals surface area contributed by atoms with Gasteiger partial charge in [0, 0.05) is 22.0 Å². The Kier molecular flexibility index (Phi) is 4.71. The molecule has 0 fully saturated rings. The van der Waals surface area contributed by atoms with Crippen LogP contribution in [0.2, 0.25) is 0 Å². The van der Waals surface area contributed by atoms with Crippen LogP contribution in [0.1, 0.15) is 0 Å². The van der Waals surface area contributed by atoms with Gasteiger partial charge < -0.3 is 4.57 Å². The number of tetrazole rings is 1. The molecule has 5 nitrogen and oxygen atoms in total. The summed E-state index contributed by atoms with van der Waals surface area (Å²) in [6.45, 7) is 0. The molecule has 170 valence electrons. The first-order valence-corrected chi connectivity index (χ1v) is 11.9. The molecule has 7 rings (SSSR count). The highest BCUT2D eigenvalue weighted by molar-refractivity contribution is 6.11. The number of aromatic nitrogens is 5. The van der Waals surface area contributed by atoms with E-state index in [9.17, 15) is 0 Å². The number of nitrogens with one attached hydrogen (secondary N) is 1. The largest absolute Gasteiger partial charge is 0.309 e. The number of fused-ring (bicyclic) bond motifs is 3. The second kappa shape index (κ2) is 8.32. The molecule has 5 aromatic carbocycles. The molecular weight excluding hydrogens is 442 g/mol. The van der Waals surface area contributed by atoms with Crippen LogP contribution in [0, 0.1) is 0 Å². The fourth-order valence-electron chi connectivity index (χ4n) is 4.99.